The van der Waals surface area contributed by atoms with Crippen LogP contribution in [0.3, 0.4) is 0 Å². The van der Waals surface area contributed by atoms with Crippen LogP contribution in [0.4, 0.5) is 0 Å². The largest absolute Gasteiger partial charge is 0.342 e. The van der Waals surface area contributed by atoms with Crippen LogP contribution in [0.15, 0.2) is 0 Å². The van der Waals surface area contributed by atoms with Crippen LogP contribution in [0.2, 0.25) is 0 Å². The van der Waals surface area contributed by atoms with E-state index < -0.39 is 0 Å². The Morgan fingerprint density at radius 3 is 1.90 bits per heavy atom. The Labute approximate surface area is 128 Å². The summed E-state index contributed by atoms with van der Waals surface area (Å²) in [5.74, 6) is 3.05. The van der Waals surface area contributed by atoms with Gasteiger partial charge in [-0.3, -0.25) is 4.79 Å². The van der Waals surface area contributed by atoms with Crippen molar-refractivity contribution in [3.8, 4) is 0 Å². The highest BCUT2D eigenvalue weighted by molar-refractivity contribution is 5.83. The molecule has 0 aliphatic heterocycles. The van der Waals surface area contributed by atoms with Gasteiger partial charge in [0.2, 0.25) is 5.91 Å². The van der Waals surface area contributed by atoms with Crippen LogP contribution in [0.1, 0.15) is 64.2 Å². The molecular weight excluding hydrogens is 260 g/mol. The zero-order valence-corrected chi connectivity index (χ0v) is 13.4. The maximum atomic E-state index is 13.3. The van der Waals surface area contributed by atoms with E-state index in [9.17, 15) is 4.79 Å². The molecule has 5 aliphatic carbocycles. The summed E-state index contributed by atoms with van der Waals surface area (Å²) in [6, 6.07) is 0.814. The van der Waals surface area contributed by atoms with E-state index in [0.29, 0.717) is 18.0 Å². The Kier molecular flexibility index (Phi) is 3.33. The predicted molar refractivity (Wildman–Crippen MR) is 83.6 cm³/mol. The summed E-state index contributed by atoms with van der Waals surface area (Å²) in [5, 5.41) is 0. The van der Waals surface area contributed by atoms with Gasteiger partial charge in [-0.1, -0.05) is 0 Å². The van der Waals surface area contributed by atoms with Crippen molar-refractivity contribution < 1.29 is 4.79 Å². The minimum absolute atomic E-state index is 0.0308. The summed E-state index contributed by atoms with van der Waals surface area (Å²) >= 11 is 0. The first-order chi connectivity index (χ1) is 10.1. The number of nitrogens with zero attached hydrogens (tertiary/aromatic N) is 1. The van der Waals surface area contributed by atoms with Crippen LogP contribution in [-0.2, 0) is 4.79 Å². The Bertz CT molecular complexity index is 390. The molecule has 5 rings (SSSR count). The van der Waals surface area contributed by atoms with E-state index in [1.807, 2.05) is 0 Å². The Morgan fingerprint density at radius 1 is 0.952 bits per heavy atom. The third-order valence-corrected chi connectivity index (χ3v) is 7.10. The summed E-state index contributed by atoms with van der Waals surface area (Å²) in [4.78, 5) is 15.4. The summed E-state index contributed by atoms with van der Waals surface area (Å²) < 4.78 is 0. The summed E-state index contributed by atoms with van der Waals surface area (Å²) in [6.07, 6.45) is 12.2. The van der Waals surface area contributed by atoms with Crippen molar-refractivity contribution in [1.82, 2.24) is 4.90 Å². The zero-order valence-electron chi connectivity index (χ0n) is 13.4. The second-order valence-electron chi connectivity index (χ2n) is 8.68. The average molecular weight is 290 g/mol. The van der Waals surface area contributed by atoms with E-state index >= 15 is 0 Å². The van der Waals surface area contributed by atoms with Gasteiger partial charge in [0, 0.05) is 19.1 Å². The third kappa shape index (κ3) is 2.32. The highest BCUT2D eigenvalue weighted by Gasteiger charge is 2.55. The molecule has 21 heavy (non-hydrogen) atoms. The normalized spacial score (nSPS) is 48.4. The van der Waals surface area contributed by atoms with E-state index in [0.717, 1.165) is 43.4 Å². The summed E-state index contributed by atoms with van der Waals surface area (Å²) in [5.41, 5.74) is 6.05. The Morgan fingerprint density at radius 2 is 1.43 bits per heavy atom. The number of hydrogen-bond acceptors (Lipinski definition) is 2. The second-order valence-corrected chi connectivity index (χ2v) is 8.68. The van der Waals surface area contributed by atoms with Crippen molar-refractivity contribution in [1.29, 1.82) is 0 Å². The van der Waals surface area contributed by atoms with Crippen molar-refractivity contribution in [2.24, 2.45) is 28.9 Å². The second kappa shape index (κ2) is 4.97. The number of amides is 1. The quantitative estimate of drug-likeness (QED) is 0.850. The van der Waals surface area contributed by atoms with Crippen molar-refractivity contribution in [3.63, 3.8) is 0 Å². The molecule has 3 nitrogen and oxygen atoms in total. The molecule has 0 radical (unpaired) electrons. The van der Waals surface area contributed by atoms with E-state index in [1.165, 1.54) is 38.5 Å². The van der Waals surface area contributed by atoms with Crippen molar-refractivity contribution >= 4 is 5.91 Å². The summed E-state index contributed by atoms with van der Waals surface area (Å²) in [6.45, 7) is 0. The standard InChI is InChI=1S/C18H30N2O/c1-20(16-4-2-15(19)3-5-16)17(21)18-9-12-6-13(10-18)8-14(7-12)11-18/h12-16H,2-11,19H2,1H3. The van der Waals surface area contributed by atoms with E-state index in [2.05, 4.69) is 11.9 Å². The molecule has 0 aromatic rings. The smallest absolute Gasteiger partial charge is 0.228 e. The molecule has 0 unspecified atom stereocenters. The fourth-order valence-electron chi connectivity index (χ4n) is 6.40. The molecule has 0 aromatic carbocycles. The highest BCUT2D eigenvalue weighted by atomic mass is 16.2. The van der Waals surface area contributed by atoms with Gasteiger partial charge in [-0.2, -0.15) is 0 Å². The van der Waals surface area contributed by atoms with Crippen molar-refractivity contribution in [3.05, 3.63) is 0 Å². The first kappa shape index (κ1) is 14.0. The molecule has 5 saturated carbocycles. The van der Waals surface area contributed by atoms with Gasteiger partial charge in [-0.25, -0.2) is 0 Å². The Hall–Kier alpha value is -0.570. The van der Waals surface area contributed by atoms with Gasteiger partial charge in [0.15, 0.2) is 0 Å². The molecule has 3 heteroatoms. The van der Waals surface area contributed by atoms with Crippen molar-refractivity contribution in [2.45, 2.75) is 76.3 Å². The van der Waals surface area contributed by atoms with E-state index in [1.54, 1.807) is 0 Å². The van der Waals surface area contributed by atoms with Gasteiger partial charge in [0.1, 0.15) is 0 Å². The molecule has 1 amide bonds. The van der Waals surface area contributed by atoms with Crippen LogP contribution in [0.5, 0.6) is 0 Å². The lowest BCUT2D eigenvalue weighted by Gasteiger charge is -2.57. The van der Waals surface area contributed by atoms with E-state index in [4.69, 9.17) is 5.73 Å². The number of carbonyl (C=O) groups excluding carboxylic acids is 1. The van der Waals surface area contributed by atoms with Gasteiger partial charge in [-0.15, -0.1) is 0 Å². The third-order valence-electron chi connectivity index (χ3n) is 7.10. The van der Waals surface area contributed by atoms with Crippen LogP contribution in [0.25, 0.3) is 0 Å². The lowest BCUT2D eigenvalue weighted by molar-refractivity contribution is -0.159. The molecule has 5 aliphatic rings. The van der Waals surface area contributed by atoms with E-state index in [-0.39, 0.29) is 5.41 Å². The first-order valence-corrected chi connectivity index (χ1v) is 9.08. The molecule has 5 fully saturated rings. The van der Waals surface area contributed by atoms with Crippen LogP contribution >= 0.6 is 0 Å². The molecule has 0 aromatic heterocycles. The SMILES string of the molecule is CN(C(=O)C12CC3CC(CC(C3)C1)C2)C1CCC(N)CC1. The van der Waals surface area contributed by atoms with Crippen LogP contribution in [-0.4, -0.2) is 29.9 Å². The zero-order chi connectivity index (χ0) is 14.6. The first-order valence-electron chi connectivity index (χ1n) is 9.08. The number of hydrogen-bond donors (Lipinski definition) is 1. The Balaban J connectivity index is 1.49. The minimum Gasteiger partial charge on any atom is -0.342 e. The molecule has 0 spiro atoms. The number of nitrogens with two attached hydrogens (primary N) is 1. The molecule has 2 N–H and O–H groups in total. The fraction of sp³-hybridized carbons (Fsp3) is 0.944. The maximum absolute atomic E-state index is 13.3. The predicted octanol–water partition coefficient (Wildman–Crippen LogP) is 2.93. The van der Waals surface area contributed by atoms with Crippen molar-refractivity contribution in [2.75, 3.05) is 7.05 Å². The van der Waals surface area contributed by atoms with Gasteiger partial charge < -0.3 is 10.6 Å². The number of rotatable bonds is 2. The average Bonchev–Trinajstić information content (AvgIpc) is 2.45. The van der Waals surface area contributed by atoms with Gasteiger partial charge in [0.05, 0.1) is 5.41 Å². The minimum atomic E-state index is 0.0308. The fourth-order valence-corrected chi connectivity index (χ4v) is 6.40. The molecule has 0 heterocycles. The number of carbonyl (C=O) groups is 1. The molecular formula is C18H30N2O. The lowest BCUT2D eigenvalue weighted by atomic mass is 9.49. The topological polar surface area (TPSA) is 46.3 Å². The molecule has 118 valence electrons. The van der Waals surface area contributed by atoms with Gasteiger partial charge >= 0.3 is 0 Å². The summed E-state index contributed by atoms with van der Waals surface area (Å²) in [7, 11) is 2.07. The molecule has 0 atom stereocenters. The van der Waals surface area contributed by atoms with Gasteiger partial charge in [0.25, 0.3) is 0 Å². The van der Waals surface area contributed by atoms with Crippen LogP contribution in [0, 0.1) is 23.2 Å². The monoisotopic (exact) mass is 290 g/mol. The highest BCUT2D eigenvalue weighted by Crippen LogP contribution is 2.60. The lowest BCUT2D eigenvalue weighted by Crippen LogP contribution is -2.56. The van der Waals surface area contributed by atoms with Gasteiger partial charge in [-0.05, 0) is 82.0 Å². The molecule has 0 saturated heterocycles. The van der Waals surface area contributed by atoms with Crippen LogP contribution < -0.4 is 5.73 Å². The maximum Gasteiger partial charge on any atom is 0.228 e. The molecule has 4 bridgehead atoms.